The van der Waals surface area contributed by atoms with E-state index in [0.717, 1.165) is 31.8 Å². The number of alkyl halides is 1. The molecule has 15 heavy (non-hydrogen) atoms. The molecule has 0 aromatic carbocycles. The van der Waals surface area contributed by atoms with Crippen LogP contribution in [0.15, 0.2) is 0 Å². The monoisotopic (exact) mass is 230 g/mol. The largest absolute Gasteiger partial charge is 0.378 e. The lowest BCUT2D eigenvalue weighted by molar-refractivity contribution is 0.00810. The molecule has 0 aliphatic carbocycles. The van der Waals surface area contributed by atoms with E-state index >= 15 is 0 Å². The molecule has 6 heteroatoms. The van der Waals surface area contributed by atoms with Gasteiger partial charge in [-0.1, -0.05) is 0 Å². The highest BCUT2D eigenvalue weighted by Crippen LogP contribution is 2.16. The zero-order valence-electron chi connectivity index (χ0n) is 8.60. The third kappa shape index (κ3) is 2.89. The zero-order chi connectivity index (χ0) is 10.5. The van der Waals surface area contributed by atoms with Crippen molar-refractivity contribution >= 4 is 11.6 Å². The Morgan fingerprint density at radius 3 is 3.13 bits per heavy atom. The van der Waals surface area contributed by atoms with Crippen molar-refractivity contribution in [3.63, 3.8) is 0 Å². The summed E-state index contributed by atoms with van der Waals surface area (Å²) in [6.45, 7) is 1.68. The summed E-state index contributed by atoms with van der Waals surface area (Å²) in [5.74, 6) is 1.09. The first-order chi connectivity index (χ1) is 7.40. The third-order valence-electron chi connectivity index (χ3n) is 2.66. The Hall–Kier alpha value is -0.680. The Morgan fingerprint density at radius 1 is 1.47 bits per heavy atom. The summed E-state index contributed by atoms with van der Waals surface area (Å²) in [6, 6.07) is 0. The molecule has 2 heterocycles. The summed E-state index contributed by atoms with van der Waals surface area (Å²) in [4.78, 5) is 0. The van der Waals surface area contributed by atoms with Crippen molar-refractivity contribution in [3.05, 3.63) is 5.82 Å². The number of ether oxygens (including phenoxy) is 1. The summed E-state index contributed by atoms with van der Waals surface area (Å²) in [6.07, 6.45) is 4.94. The topological polar surface area (TPSA) is 52.8 Å². The molecule has 2 rings (SSSR count). The minimum atomic E-state index is 0.360. The standard InChI is InChI=1S/C9H15ClN4O/c10-7-9-11-12-13-14(9)5-4-8-3-1-2-6-15-8/h8H,1-7H2. The molecule has 1 aliphatic rings. The molecule has 0 saturated carbocycles. The molecule has 1 unspecified atom stereocenters. The van der Waals surface area contributed by atoms with Crippen molar-refractivity contribution < 1.29 is 4.74 Å². The van der Waals surface area contributed by atoms with Gasteiger partial charge in [0, 0.05) is 13.2 Å². The maximum atomic E-state index is 5.70. The number of rotatable bonds is 4. The first-order valence-electron chi connectivity index (χ1n) is 5.33. The molecule has 1 saturated heterocycles. The summed E-state index contributed by atoms with van der Waals surface area (Å²) in [5, 5.41) is 11.3. The number of hydrogen-bond donors (Lipinski definition) is 0. The van der Waals surface area contributed by atoms with Gasteiger partial charge in [-0.2, -0.15) is 0 Å². The maximum Gasteiger partial charge on any atom is 0.165 e. The lowest BCUT2D eigenvalue weighted by Gasteiger charge is -2.22. The van der Waals surface area contributed by atoms with Gasteiger partial charge in [-0.05, 0) is 36.1 Å². The Morgan fingerprint density at radius 2 is 2.40 bits per heavy atom. The number of aromatic nitrogens is 4. The van der Waals surface area contributed by atoms with E-state index in [2.05, 4.69) is 15.5 Å². The zero-order valence-corrected chi connectivity index (χ0v) is 9.36. The summed E-state index contributed by atoms with van der Waals surface area (Å²) >= 11 is 5.70. The van der Waals surface area contributed by atoms with Gasteiger partial charge in [-0.25, -0.2) is 4.68 Å². The van der Waals surface area contributed by atoms with Crippen molar-refractivity contribution in [3.8, 4) is 0 Å². The molecule has 0 radical (unpaired) electrons. The second-order valence-corrected chi connectivity index (χ2v) is 4.00. The molecule has 0 bridgehead atoms. The van der Waals surface area contributed by atoms with Crippen LogP contribution in [0, 0.1) is 0 Å². The Kier molecular flexibility index (Phi) is 3.91. The van der Waals surface area contributed by atoms with E-state index in [1.807, 2.05) is 0 Å². The molecule has 1 aromatic heterocycles. The first-order valence-corrected chi connectivity index (χ1v) is 5.86. The normalized spacial score (nSPS) is 21.8. The second-order valence-electron chi connectivity index (χ2n) is 3.73. The smallest absolute Gasteiger partial charge is 0.165 e. The maximum absolute atomic E-state index is 5.70. The minimum absolute atomic E-state index is 0.360. The van der Waals surface area contributed by atoms with Gasteiger partial charge in [-0.15, -0.1) is 16.7 Å². The number of hydrogen-bond acceptors (Lipinski definition) is 4. The summed E-state index contributed by atoms with van der Waals surface area (Å²) in [7, 11) is 0. The van der Waals surface area contributed by atoms with Gasteiger partial charge in [-0.3, -0.25) is 0 Å². The lowest BCUT2D eigenvalue weighted by atomic mass is 10.1. The van der Waals surface area contributed by atoms with Crippen LogP contribution >= 0.6 is 11.6 Å². The number of tetrazole rings is 1. The van der Waals surface area contributed by atoms with Crippen LogP contribution in [0.5, 0.6) is 0 Å². The number of nitrogens with zero attached hydrogens (tertiary/aromatic N) is 4. The number of halogens is 1. The van der Waals surface area contributed by atoms with Crippen LogP contribution in [-0.4, -0.2) is 32.9 Å². The van der Waals surface area contributed by atoms with E-state index in [1.54, 1.807) is 4.68 Å². The van der Waals surface area contributed by atoms with Crippen molar-refractivity contribution in [2.75, 3.05) is 6.61 Å². The van der Waals surface area contributed by atoms with Crippen LogP contribution in [0.2, 0.25) is 0 Å². The molecule has 1 fully saturated rings. The molecule has 0 N–H and O–H groups in total. The van der Waals surface area contributed by atoms with E-state index in [-0.39, 0.29) is 0 Å². The highest BCUT2D eigenvalue weighted by atomic mass is 35.5. The predicted octanol–water partition coefficient (Wildman–Crippen LogP) is 1.37. The molecule has 1 aromatic rings. The Labute approximate surface area is 93.7 Å². The van der Waals surface area contributed by atoms with Gasteiger partial charge in [0.25, 0.3) is 0 Å². The van der Waals surface area contributed by atoms with E-state index in [4.69, 9.17) is 16.3 Å². The second kappa shape index (κ2) is 5.42. The van der Waals surface area contributed by atoms with E-state index in [1.165, 1.54) is 12.8 Å². The SMILES string of the molecule is ClCc1nnnn1CCC1CCCCO1. The lowest BCUT2D eigenvalue weighted by Crippen LogP contribution is -2.21. The van der Waals surface area contributed by atoms with Gasteiger partial charge in [0.15, 0.2) is 5.82 Å². The summed E-state index contributed by atoms with van der Waals surface area (Å²) in [5.41, 5.74) is 0. The molecule has 0 amide bonds. The molecule has 0 spiro atoms. The van der Waals surface area contributed by atoms with Gasteiger partial charge >= 0.3 is 0 Å². The highest BCUT2D eigenvalue weighted by Gasteiger charge is 2.14. The van der Waals surface area contributed by atoms with Crippen molar-refractivity contribution in [2.45, 2.75) is 44.2 Å². The average molecular weight is 231 g/mol. The quantitative estimate of drug-likeness (QED) is 0.734. The molecule has 84 valence electrons. The Bertz CT molecular complexity index is 298. The fourth-order valence-corrected chi connectivity index (χ4v) is 1.99. The molecule has 1 aliphatic heterocycles. The predicted molar refractivity (Wildman–Crippen MR) is 55.6 cm³/mol. The van der Waals surface area contributed by atoms with E-state index < -0.39 is 0 Å². The third-order valence-corrected chi connectivity index (χ3v) is 2.90. The molecule has 5 nitrogen and oxygen atoms in total. The first kappa shape index (κ1) is 10.8. The van der Waals surface area contributed by atoms with Crippen molar-refractivity contribution in [2.24, 2.45) is 0 Å². The van der Waals surface area contributed by atoms with Crippen molar-refractivity contribution in [1.29, 1.82) is 0 Å². The Balaban J connectivity index is 1.81. The van der Waals surface area contributed by atoms with Crippen LogP contribution in [0.3, 0.4) is 0 Å². The van der Waals surface area contributed by atoms with Crippen LogP contribution in [0.1, 0.15) is 31.5 Å². The highest BCUT2D eigenvalue weighted by molar-refractivity contribution is 6.16. The molecular formula is C9H15ClN4O. The van der Waals surface area contributed by atoms with Crippen LogP contribution < -0.4 is 0 Å². The molecule has 1 atom stereocenters. The van der Waals surface area contributed by atoms with E-state index in [0.29, 0.717) is 12.0 Å². The van der Waals surface area contributed by atoms with E-state index in [9.17, 15) is 0 Å². The van der Waals surface area contributed by atoms with Crippen molar-refractivity contribution in [1.82, 2.24) is 20.2 Å². The minimum Gasteiger partial charge on any atom is -0.378 e. The van der Waals surface area contributed by atoms with Crippen LogP contribution in [0.4, 0.5) is 0 Å². The van der Waals surface area contributed by atoms with Gasteiger partial charge < -0.3 is 4.74 Å². The number of aryl methyl sites for hydroxylation is 1. The fraction of sp³-hybridized carbons (Fsp3) is 0.889. The van der Waals surface area contributed by atoms with Gasteiger partial charge in [0.1, 0.15) is 0 Å². The molecular weight excluding hydrogens is 216 g/mol. The van der Waals surface area contributed by atoms with Gasteiger partial charge in [0.2, 0.25) is 0 Å². The average Bonchev–Trinajstić information content (AvgIpc) is 2.75. The van der Waals surface area contributed by atoms with Crippen LogP contribution in [-0.2, 0) is 17.2 Å². The summed E-state index contributed by atoms with van der Waals surface area (Å²) < 4.78 is 7.39. The van der Waals surface area contributed by atoms with Gasteiger partial charge in [0.05, 0.1) is 12.0 Å². The van der Waals surface area contributed by atoms with Crippen LogP contribution in [0.25, 0.3) is 0 Å². The fourth-order valence-electron chi connectivity index (χ4n) is 1.79.